The SMILES string of the molecule is Cc1nn(C)c2c1nc(N)n2C1CCCN(C)C1. The van der Waals surface area contributed by atoms with E-state index in [-0.39, 0.29) is 0 Å². The van der Waals surface area contributed by atoms with Gasteiger partial charge in [-0.1, -0.05) is 0 Å². The Bertz CT molecular complexity index is 581. The summed E-state index contributed by atoms with van der Waals surface area (Å²) in [5.74, 6) is 0.612. The first kappa shape index (κ1) is 11.5. The number of likely N-dealkylation sites (N-methyl/N-ethyl adjacent to an activating group) is 1. The Morgan fingerprint density at radius 2 is 2.11 bits per heavy atom. The summed E-state index contributed by atoms with van der Waals surface area (Å²) >= 11 is 0. The zero-order chi connectivity index (χ0) is 12.9. The number of hydrogen-bond donors (Lipinski definition) is 1. The van der Waals surface area contributed by atoms with Crippen molar-refractivity contribution in [2.45, 2.75) is 25.8 Å². The van der Waals surface area contributed by atoms with Crippen LogP contribution in [0.5, 0.6) is 0 Å². The van der Waals surface area contributed by atoms with Gasteiger partial charge in [-0.15, -0.1) is 0 Å². The summed E-state index contributed by atoms with van der Waals surface area (Å²) in [5.41, 5.74) is 9.03. The highest BCUT2D eigenvalue weighted by molar-refractivity contribution is 5.77. The van der Waals surface area contributed by atoms with Gasteiger partial charge in [-0.05, 0) is 33.4 Å². The van der Waals surface area contributed by atoms with Gasteiger partial charge in [0.05, 0.1) is 11.7 Å². The van der Waals surface area contributed by atoms with Crippen molar-refractivity contribution in [3.63, 3.8) is 0 Å². The molecule has 2 aromatic rings. The van der Waals surface area contributed by atoms with Gasteiger partial charge in [0.2, 0.25) is 5.95 Å². The molecule has 0 amide bonds. The van der Waals surface area contributed by atoms with E-state index in [4.69, 9.17) is 5.73 Å². The summed E-state index contributed by atoms with van der Waals surface area (Å²) in [7, 11) is 4.12. The van der Waals surface area contributed by atoms with E-state index < -0.39 is 0 Å². The molecule has 0 saturated carbocycles. The number of nitrogens with zero attached hydrogens (tertiary/aromatic N) is 5. The Kier molecular flexibility index (Phi) is 2.55. The van der Waals surface area contributed by atoms with Gasteiger partial charge in [0.25, 0.3) is 0 Å². The van der Waals surface area contributed by atoms with E-state index in [0.717, 1.165) is 29.8 Å². The molecule has 6 heteroatoms. The van der Waals surface area contributed by atoms with Crippen molar-refractivity contribution in [3.8, 4) is 0 Å². The number of imidazole rings is 1. The lowest BCUT2D eigenvalue weighted by Crippen LogP contribution is -2.34. The number of anilines is 1. The van der Waals surface area contributed by atoms with Crippen molar-refractivity contribution in [2.24, 2.45) is 7.05 Å². The van der Waals surface area contributed by atoms with E-state index in [0.29, 0.717) is 12.0 Å². The second-order valence-electron chi connectivity index (χ2n) is 5.28. The molecular formula is C12H20N6. The van der Waals surface area contributed by atoms with Crippen molar-refractivity contribution < 1.29 is 0 Å². The van der Waals surface area contributed by atoms with Crippen LogP contribution in [0.15, 0.2) is 0 Å². The normalized spacial score (nSPS) is 21.8. The number of piperidine rings is 1. The zero-order valence-corrected chi connectivity index (χ0v) is 11.2. The van der Waals surface area contributed by atoms with Crippen LogP contribution in [0, 0.1) is 6.92 Å². The average Bonchev–Trinajstić information content (AvgIpc) is 2.78. The van der Waals surface area contributed by atoms with Gasteiger partial charge >= 0.3 is 0 Å². The lowest BCUT2D eigenvalue weighted by atomic mass is 10.1. The van der Waals surface area contributed by atoms with Crippen molar-refractivity contribution in [1.82, 2.24) is 24.2 Å². The van der Waals surface area contributed by atoms with Crippen LogP contribution in [-0.2, 0) is 7.05 Å². The van der Waals surface area contributed by atoms with E-state index in [1.165, 1.54) is 13.0 Å². The van der Waals surface area contributed by atoms with E-state index >= 15 is 0 Å². The number of fused-ring (bicyclic) bond motifs is 1. The van der Waals surface area contributed by atoms with Gasteiger partial charge < -0.3 is 10.6 Å². The van der Waals surface area contributed by atoms with Crippen LogP contribution in [0.4, 0.5) is 5.95 Å². The molecule has 0 radical (unpaired) electrons. The fraction of sp³-hybridized carbons (Fsp3) is 0.667. The maximum absolute atomic E-state index is 6.10. The Labute approximate surface area is 106 Å². The first-order valence-corrected chi connectivity index (χ1v) is 6.43. The molecule has 0 spiro atoms. The fourth-order valence-electron chi connectivity index (χ4n) is 3.02. The van der Waals surface area contributed by atoms with Crippen molar-refractivity contribution in [1.29, 1.82) is 0 Å². The smallest absolute Gasteiger partial charge is 0.202 e. The number of likely N-dealkylation sites (tertiary alicyclic amines) is 1. The minimum atomic E-state index is 0.406. The molecule has 18 heavy (non-hydrogen) atoms. The number of hydrogen-bond acceptors (Lipinski definition) is 4. The van der Waals surface area contributed by atoms with Gasteiger partial charge in [0, 0.05) is 13.6 Å². The van der Waals surface area contributed by atoms with Gasteiger partial charge in [0.15, 0.2) is 5.65 Å². The van der Waals surface area contributed by atoms with Crippen LogP contribution in [0.3, 0.4) is 0 Å². The maximum atomic E-state index is 6.10. The molecule has 1 aliphatic heterocycles. The predicted octanol–water partition coefficient (Wildman–Crippen LogP) is 0.927. The molecule has 0 aromatic carbocycles. The molecule has 0 bridgehead atoms. The highest BCUT2D eigenvalue weighted by atomic mass is 15.4. The van der Waals surface area contributed by atoms with Crippen LogP contribution < -0.4 is 5.73 Å². The Hall–Kier alpha value is -1.56. The summed E-state index contributed by atoms with van der Waals surface area (Å²) in [6, 6.07) is 0.406. The van der Waals surface area contributed by atoms with Gasteiger partial charge in [-0.3, -0.25) is 9.25 Å². The largest absolute Gasteiger partial charge is 0.369 e. The number of aromatic nitrogens is 4. The number of nitrogens with two attached hydrogens (primary N) is 1. The van der Waals surface area contributed by atoms with Gasteiger partial charge in [-0.25, -0.2) is 4.98 Å². The third-order valence-electron chi connectivity index (χ3n) is 3.83. The summed E-state index contributed by atoms with van der Waals surface area (Å²) in [5, 5.41) is 4.43. The molecule has 1 saturated heterocycles. The first-order chi connectivity index (χ1) is 8.58. The molecule has 1 unspecified atom stereocenters. The predicted molar refractivity (Wildman–Crippen MR) is 71.4 cm³/mol. The number of aryl methyl sites for hydroxylation is 2. The summed E-state index contributed by atoms with van der Waals surface area (Å²) in [6.45, 7) is 4.17. The van der Waals surface area contributed by atoms with Crippen LogP contribution >= 0.6 is 0 Å². The van der Waals surface area contributed by atoms with Crippen molar-refractivity contribution >= 4 is 17.1 Å². The van der Waals surface area contributed by atoms with Crippen molar-refractivity contribution in [3.05, 3.63) is 5.69 Å². The van der Waals surface area contributed by atoms with Gasteiger partial charge in [-0.2, -0.15) is 5.10 Å². The van der Waals surface area contributed by atoms with Crippen LogP contribution in [-0.4, -0.2) is 44.4 Å². The van der Waals surface area contributed by atoms with Crippen LogP contribution in [0.2, 0.25) is 0 Å². The highest BCUT2D eigenvalue weighted by Gasteiger charge is 2.25. The summed E-state index contributed by atoms with van der Waals surface area (Å²) in [6.07, 6.45) is 2.36. The molecule has 6 nitrogen and oxygen atoms in total. The quantitative estimate of drug-likeness (QED) is 0.815. The standard InChI is InChI=1S/C12H20N6/c1-8-10-11(17(3)15-8)18(12(13)14-10)9-5-4-6-16(2)7-9/h9H,4-7H2,1-3H3,(H2,13,14). The molecule has 2 N–H and O–H groups in total. The molecule has 3 heterocycles. The lowest BCUT2D eigenvalue weighted by molar-refractivity contribution is 0.215. The summed E-state index contributed by atoms with van der Waals surface area (Å²) in [4.78, 5) is 6.82. The third kappa shape index (κ3) is 1.59. The lowest BCUT2D eigenvalue weighted by Gasteiger charge is -2.31. The minimum absolute atomic E-state index is 0.406. The molecule has 2 aromatic heterocycles. The van der Waals surface area contributed by atoms with Gasteiger partial charge in [0.1, 0.15) is 5.52 Å². The second kappa shape index (κ2) is 3.98. The molecule has 3 rings (SSSR count). The molecule has 0 aliphatic carbocycles. The molecular weight excluding hydrogens is 228 g/mol. The van der Waals surface area contributed by atoms with Crippen LogP contribution in [0.1, 0.15) is 24.6 Å². The van der Waals surface area contributed by atoms with E-state index in [2.05, 4.69) is 26.6 Å². The number of rotatable bonds is 1. The Morgan fingerprint density at radius 1 is 1.33 bits per heavy atom. The highest BCUT2D eigenvalue weighted by Crippen LogP contribution is 2.29. The number of nitrogen functional groups attached to an aromatic ring is 1. The Balaban J connectivity index is 2.12. The summed E-state index contributed by atoms with van der Waals surface area (Å²) < 4.78 is 4.05. The Morgan fingerprint density at radius 3 is 2.83 bits per heavy atom. The fourth-order valence-corrected chi connectivity index (χ4v) is 3.02. The molecule has 1 fully saturated rings. The molecule has 1 aliphatic rings. The van der Waals surface area contributed by atoms with E-state index in [1.54, 1.807) is 0 Å². The van der Waals surface area contributed by atoms with Crippen molar-refractivity contribution in [2.75, 3.05) is 25.9 Å². The maximum Gasteiger partial charge on any atom is 0.202 e. The minimum Gasteiger partial charge on any atom is -0.369 e. The second-order valence-corrected chi connectivity index (χ2v) is 5.28. The van der Waals surface area contributed by atoms with Crippen LogP contribution in [0.25, 0.3) is 11.2 Å². The molecule has 1 atom stereocenters. The molecule has 98 valence electrons. The van der Waals surface area contributed by atoms with E-state index in [1.807, 2.05) is 18.7 Å². The average molecular weight is 248 g/mol. The van der Waals surface area contributed by atoms with E-state index in [9.17, 15) is 0 Å². The zero-order valence-electron chi connectivity index (χ0n) is 11.2. The third-order valence-corrected chi connectivity index (χ3v) is 3.83. The topological polar surface area (TPSA) is 64.9 Å². The first-order valence-electron chi connectivity index (χ1n) is 6.43. The monoisotopic (exact) mass is 248 g/mol.